The van der Waals surface area contributed by atoms with Gasteiger partial charge in [-0.2, -0.15) is 0 Å². The third-order valence-corrected chi connectivity index (χ3v) is 4.40. The average molecular weight is 383 g/mol. The molecular weight excluding hydrogens is 354 g/mol. The maximum Gasteiger partial charge on any atom is 0.255 e. The number of anilines is 2. The van der Waals surface area contributed by atoms with Crippen molar-refractivity contribution >= 4 is 23.2 Å². The van der Waals surface area contributed by atoms with E-state index in [1.54, 1.807) is 43.5 Å². The fourth-order valence-electron chi connectivity index (χ4n) is 2.70. The SMILES string of the molecule is CCCCN(C)CCC(=O)Nc1ccc(C(=O)Nc2ccccc2OC)cc1. The molecule has 0 aliphatic carbocycles. The summed E-state index contributed by atoms with van der Waals surface area (Å²) in [5, 5.41) is 5.70. The number of methoxy groups -OCH3 is 1. The molecule has 6 nitrogen and oxygen atoms in total. The van der Waals surface area contributed by atoms with Gasteiger partial charge < -0.3 is 20.3 Å². The van der Waals surface area contributed by atoms with Crippen LogP contribution in [-0.4, -0.2) is 44.0 Å². The first-order valence-electron chi connectivity index (χ1n) is 9.56. The summed E-state index contributed by atoms with van der Waals surface area (Å²) in [6.45, 7) is 3.88. The third kappa shape index (κ3) is 6.70. The van der Waals surface area contributed by atoms with Crippen LogP contribution in [0.5, 0.6) is 5.75 Å². The molecule has 2 N–H and O–H groups in total. The van der Waals surface area contributed by atoms with E-state index < -0.39 is 0 Å². The van der Waals surface area contributed by atoms with Gasteiger partial charge in [-0.05, 0) is 56.4 Å². The Labute approximate surface area is 166 Å². The zero-order chi connectivity index (χ0) is 20.4. The zero-order valence-corrected chi connectivity index (χ0v) is 16.8. The van der Waals surface area contributed by atoms with Crippen LogP contribution in [-0.2, 0) is 4.79 Å². The summed E-state index contributed by atoms with van der Waals surface area (Å²) in [7, 11) is 3.59. The number of unbranched alkanes of at least 4 members (excludes halogenated alkanes) is 1. The van der Waals surface area contributed by atoms with E-state index in [4.69, 9.17) is 4.74 Å². The second-order valence-corrected chi connectivity index (χ2v) is 6.69. The number of carbonyl (C=O) groups is 2. The molecule has 0 radical (unpaired) electrons. The van der Waals surface area contributed by atoms with Gasteiger partial charge in [0.2, 0.25) is 5.91 Å². The highest BCUT2D eigenvalue weighted by Gasteiger charge is 2.10. The van der Waals surface area contributed by atoms with E-state index in [1.807, 2.05) is 19.2 Å². The summed E-state index contributed by atoms with van der Waals surface area (Å²) in [5.74, 6) is 0.332. The zero-order valence-electron chi connectivity index (χ0n) is 16.8. The van der Waals surface area contributed by atoms with E-state index in [-0.39, 0.29) is 11.8 Å². The summed E-state index contributed by atoms with van der Waals surface area (Å²) >= 11 is 0. The van der Waals surface area contributed by atoms with Crippen LogP contribution in [0.2, 0.25) is 0 Å². The normalized spacial score (nSPS) is 10.6. The molecule has 2 rings (SSSR count). The fourth-order valence-corrected chi connectivity index (χ4v) is 2.70. The molecule has 0 aliphatic rings. The minimum atomic E-state index is -0.236. The van der Waals surface area contributed by atoms with Crippen LogP contribution in [0.4, 0.5) is 11.4 Å². The molecule has 28 heavy (non-hydrogen) atoms. The fraction of sp³-hybridized carbons (Fsp3) is 0.364. The average Bonchev–Trinajstić information content (AvgIpc) is 2.71. The lowest BCUT2D eigenvalue weighted by molar-refractivity contribution is -0.116. The van der Waals surface area contributed by atoms with Gasteiger partial charge in [-0.1, -0.05) is 25.5 Å². The molecule has 0 spiro atoms. The summed E-state index contributed by atoms with van der Waals surface area (Å²) in [5.41, 5.74) is 1.79. The van der Waals surface area contributed by atoms with Crippen LogP contribution in [0.15, 0.2) is 48.5 Å². The number of nitrogens with zero attached hydrogens (tertiary/aromatic N) is 1. The van der Waals surface area contributed by atoms with E-state index in [9.17, 15) is 9.59 Å². The number of amides is 2. The van der Waals surface area contributed by atoms with Gasteiger partial charge >= 0.3 is 0 Å². The molecule has 2 aromatic carbocycles. The van der Waals surface area contributed by atoms with Gasteiger partial charge in [0, 0.05) is 24.2 Å². The van der Waals surface area contributed by atoms with E-state index in [0.29, 0.717) is 29.1 Å². The van der Waals surface area contributed by atoms with Gasteiger partial charge in [-0.25, -0.2) is 0 Å². The number of para-hydroxylation sites is 2. The lowest BCUT2D eigenvalue weighted by Crippen LogP contribution is -2.25. The number of carbonyl (C=O) groups excluding carboxylic acids is 2. The third-order valence-electron chi connectivity index (χ3n) is 4.40. The van der Waals surface area contributed by atoms with E-state index in [1.165, 1.54) is 0 Å². The smallest absolute Gasteiger partial charge is 0.255 e. The summed E-state index contributed by atoms with van der Waals surface area (Å²) < 4.78 is 5.24. The molecule has 2 aromatic rings. The predicted molar refractivity (Wildman–Crippen MR) is 113 cm³/mol. The number of benzene rings is 2. The molecule has 0 bridgehead atoms. The Bertz CT molecular complexity index is 775. The van der Waals surface area contributed by atoms with Gasteiger partial charge in [0.1, 0.15) is 5.75 Å². The quantitative estimate of drug-likeness (QED) is 0.650. The molecular formula is C22H29N3O3. The standard InChI is InChI=1S/C22H29N3O3/c1-4-5-15-25(2)16-14-21(26)23-18-12-10-17(11-13-18)22(27)24-19-8-6-7-9-20(19)28-3/h6-13H,4-5,14-16H2,1-3H3,(H,23,26)(H,24,27). The maximum atomic E-state index is 12.4. The largest absolute Gasteiger partial charge is 0.495 e. The van der Waals surface area contributed by atoms with Crippen LogP contribution >= 0.6 is 0 Å². The Kier molecular flexibility index (Phi) is 8.49. The van der Waals surface area contributed by atoms with Crippen molar-refractivity contribution in [3.63, 3.8) is 0 Å². The molecule has 150 valence electrons. The Hall–Kier alpha value is -2.86. The summed E-state index contributed by atoms with van der Waals surface area (Å²) in [6.07, 6.45) is 2.72. The number of rotatable bonds is 10. The maximum absolute atomic E-state index is 12.4. The Morgan fingerprint density at radius 2 is 1.71 bits per heavy atom. The molecule has 0 saturated carbocycles. The molecule has 0 saturated heterocycles. The number of hydrogen-bond acceptors (Lipinski definition) is 4. The van der Waals surface area contributed by atoms with Gasteiger partial charge in [-0.15, -0.1) is 0 Å². The van der Waals surface area contributed by atoms with Crippen molar-refractivity contribution in [2.24, 2.45) is 0 Å². The van der Waals surface area contributed by atoms with Crippen molar-refractivity contribution < 1.29 is 14.3 Å². The van der Waals surface area contributed by atoms with Crippen molar-refractivity contribution in [1.82, 2.24) is 4.90 Å². The van der Waals surface area contributed by atoms with E-state index >= 15 is 0 Å². The monoisotopic (exact) mass is 383 g/mol. The first kappa shape index (κ1) is 21.4. The molecule has 0 aliphatic heterocycles. The highest BCUT2D eigenvalue weighted by Crippen LogP contribution is 2.23. The van der Waals surface area contributed by atoms with Crippen LogP contribution < -0.4 is 15.4 Å². The van der Waals surface area contributed by atoms with Crippen molar-refractivity contribution in [1.29, 1.82) is 0 Å². The van der Waals surface area contributed by atoms with E-state index in [2.05, 4.69) is 22.5 Å². The Balaban J connectivity index is 1.87. The molecule has 0 atom stereocenters. The van der Waals surface area contributed by atoms with Gasteiger partial charge in [0.05, 0.1) is 12.8 Å². The van der Waals surface area contributed by atoms with Crippen molar-refractivity contribution in [3.8, 4) is 5.75 Å². The molecule has 6 heteroatoms. The highest BCUT2D eigenvalue weighted by atomic mass is 16.5. The molecule has 2 amide bonds. The van der Waals surface area contributed by atoms with Crippen LogP contribution in [0.3, 0.4) is 0 Å². The predicted octanol–water partition coefficient (Wildman–Crippen LogP) is 4.01. The Morgan fingerprint density at radius 1 is 1.00 bits per heavy atom. The lowest BCUT2D eigenvalue weighted by atomic mass is 10.2. The first-order valence-corrected chi connectivity index (χ1v) is 9.56. The summed E-state index contributed by atoms with van der Waals surface area (Å²) in [6, 6.07) is 14.1. The van der Waals surface area contributed by atoms with Crippen LogP contribution in [0, 0.1) is 0 Å². The molecule has 0 unspecified atom stereocenters. The van der Waals surface area contributed by atoms with Crippen LogP contribution in [0.25, 0.3) is 0 Å². The van der Waals surface area contributed by atoms with Crippen LogP contribution in [0.1, 0.15) is 36.5 Å². The second-order valence-electron chi connectivity index (χ2n) is 6.69. The van der Waals surface area contributed by atoms with E-state index in [0.717, 1.165) is 25.9 Å². The minimum Gasteiger partial charge on any atom is -0.495 e. The first-order chi connectivity index (χ1) is 13.5. The van der Waals surface area contributed by atoms with Crippen molar-refractivity contribution in [2.45, 2.75) is 26.2 Å². The Morgan fingerprint density at radius 3 is 2.39 bits per heavy atom. The van der Waals surface area contributed by atoms with Crippen molar-refractivity contribution in [3.05, 3.63) is 54.1 Å². The summed E-state index contributed by atoms with van der Waals surface area (Å²) in [4.78, 5) is 26.7. The van der Waals surface area contributed by atoms with Crippen molar-refractivity contribution in [2.75, 3.05) is 37.9 Å². The topological polar surface area (TPSA) is 70.7 Å². The lowest BCUT2D eigenvalue weighted by Gasteiger charge is -2.15. The minimum absolute atomic E-state index is 0.0328. The number of nitrogens with one attached hydrogen (secondary N) is 2. The second kappa shape index (κ2) is 11.1. The number of ether oxygens (including phenoxy) is 1. The molecule has 0 heterocycles. The van der Waals surface area contributed by atoms with Gasteiger partial charge in [0.25, 0.3) is 5.91 Å². The molecule has 0 fully saturated rings. The highest BCUT2D eigenvalue weighted by molar-refractivity contribution is 6.05. The number of hydrogen-bond donors (Lipinski definition) is 2. The van der Waals surface area contributed by atoms with Gasteiger partial charge in [-0.3, -0.25) is 9.59 Å². The van der Waals surface area contributed by atoms with Gasteiger partial charge in [0.15, 0.2) is 0 Å². The molecule has 0 aromatic heterocycles.